The summed E-state index contributed by atoms with van der Waals surface area (Å²) >= 11 is 0. The van der Waals surface area contributed by atoms with Crippen LogP contribution in [0.1, 0.15) is 93.4 Å². The van der Waals surface area contributed by atoms with Crippen LogP contribution in [0.25, 0.3) is 0 Å². The molecule has 0 aromatic carbocycles. The zero-order valence-corrected chi connectivity index (χ0v) is 19.5. The molecule has 3 atom stereocenters. The average molecular weight is 411 g/mol. The first kappa shape index (κ1) is 25.4. The van der Waals surface area contributed by atoms with E-state index in [1.165, 1.54) is 0 Å². The number of unbranched alkanes of at least 4 members (excludes halogenated alkanes) is 2. The number of likely N-dealkylation sites (tertiary alicyclic amines) is 1. The molecule has 1 heterocycles. The van der Waals surface area contributed by atoms with Crippen molar-refractivity contribution in [3.63, 3.8) is 0 Å². The van der Waals surface area contributed by atoms with Crippen LogP contribution in [0, 0.1) is 11.8 Å². The standard InChI is InChI=1S/C23H42N2O4/c1-8-9-10-13-18(15-19(26)29-23(5,6)7)21(27)24-20(16(2)3)22(28)25-14-11-12-17(25)4/h16-18,20H,8-15H2,1-7H3,(H,24,27)/t17-,18?,20?/m0/s1. The highest BCUT2D eigenvalue weighted by Gasteiger charge is 2.35. The molecule has 1 fully saturated rings. The second kappa shape index (κ2) is 11.6. The topological polar surface area (TPSA) is 75.7 Å². The maximum Gasteiger partial charge on any atom is 0.307 e. The van der Waals surface area contributed by atoms with Gasteiger partial charge in [0.25, 0.3) is 0 Å². The molecule has 2 amide bonds. The first-order chi connectivity index (χ1) is 13.5. The van der Waals surface area contributed by atoms with Gasteiger partial charge in [-0.2, -0.15) is 0 Å². The monoisotopic (exact) mass is 410 g/mol. The normalized spacial score (nSPS) is 19.2. The molecule has 1 rings (SSSR count). The molecule has 6 nitrogen and oxygen atoms in total. The Labute approximate surface area is 177 Å². The van der Waals surface area contributed by atoms with E-state index in [1.54, 1.807) is 0 Å². The summed E-state index contributed by atoms with van der Waals surface area (Å²) in [4.78, 5) is 40.3. The van der Waals surface area contributed by atoms with Crippen LogP contribution < -0.4 is 5.32 Å². The number of rotatable bonds is 10. The van der Waals surface area contributed by atoms with Gasteiger partial charge >= 0.3 is 5.97 Å². The lowest BCUT2D eigenvalue weighted by Crippen LogP contribution is -2.53. The van der Waals surface area contributed by atoms with Crippen molar-refractivity contribution in [1.82, 2.24) is 10.2 Å². The van der Waals surface area contributed by atoms with Crippen LogP contribution in [-0.4, -0.2) is 46.9 Å². The van der Waals surface area contributed by atoms with Crippen molar-refractivity contribution in [2.45, 2.75) is 111 Å². The molecule has 168 valence electrons. The highest BCUT2D eigenvalue weighted by Crippen LogP contribution is 2.22. The first-order valence-electron chi connectivity index (χ1n) is 11.3. The molecule has 0 radical (unpaired) electrons. The van der Waals surface area contributed by atoms with Gasteiger partial charge in [-0.3, -0.25) is 14.4 Å². The Bertz CT molecular complexity index is 554. The van der Waals surface area contributed by atoms with Gasteiger partial charge in [0.2, 0.25) is 11.8 Å². The van der Waals surface area contributed by atoms with Crippen molar-refractivity contribution >= 4 is 17.8 Å². The summed E-state index contributed by atoms with van der Waals surface area (Å²) in [6, 6.07) is -0.349. The number of esters is 1. The summed E-state index contributed by atoms with van der Waals surface area (Å²) in [6.45, 7) is 14.3. The lowest BCUT2D eigenvalue weighted by molar-refractivity contribution is -0.157. The van der Waals surface area contributed by atoms with Crippen molar-refractivity contribution in [2.75, 3.05) is 6.54 Å². The van der Waals surface area contributed by atoms with E-state index in [0.29, 0.717) is 6.42 Å². The van der Waals surface area contributed by atoms with Crippen LogP contribution in [0.15, 0.2) is 0 Å². The zero-order valence-electron chi connectivity index (χ0n) is 19.5. The lowest BCUT2D eigenvalue weighted by atomic mass is 9.94. The third kappa shape index (κ3) is 8.75. The van der Waals surface area contributed by atoms with Crippen molar-refractivity contribution in [3.05, 3.63) is 0 Å². The van der Waals surface area contributed by atoms with Gasteiger partial charge < -0.3 is 15.0 Å². The van der Waals surface area contributed by atoms with Crippen molar-refractivity contribution in [1.29, 1.82) is 0 Å². The smallest absolute Gasteiger partial charge is 0.307 e. The Morgan fingerprint density at radius 3 is 2.31 bits per heavy atom. The van der Waals surface area contributed by atoms with Gasteiger partial charge in [0, 0.05) is 18.5 Å². The molecule has 0 aromatic heterocycles. The van der Waals surface area contributed by atoms with Gasteiger partial charge in [-0.15, -0.1) is 0 Å². The number of nitrogens with one attached hydrogen (secondary N) is 1. The van der Waals surface area contributed by atoms with E-state index >= 15 is 0 Å². The molecule has 2 unspecified atom stereocenters. The lowest BCUT2D eigenvalue weighted by Gasteiger charge is -2.31. The number of amides is 2. The SMILES string of the molecule is CCCCCC(CC(=O)OC(C)(C)C)C(=O)NC(C(=O)N1CCC[C@@H]1C)C(C)C. The summed E-state index contributed by atoms with van der Waals surface area (Å²) in [5, 5.41) is 2.97. The summed E-state index contributed by atoms with van der Waals surface area (Å²) < 4.78 is 5.43. The minimum atomic E-state index is -0.580. The van der Waals surface area contributed by atoms with Gasteiger partial charge in [0.1, 0.15) is 11.6 Å². The summed E-state index contributed by atoms with van der Waals surface area (Å²) in [5.41, 5.74) is -0.580. The van der Waals surface area contributed by atoms with Crippen LogP contribution in [0.2, 0.25) is 0 Å². The largest absolute Gasteiger partial charge is 0.460 e. The van der Waals surface area contributed by atoms with Crippen LogP contribution in [0.3, 0.4) is 0 Å². The van der Waals surface area contributed by atoms with Crippen LogP contribution in [0.5, 0.6) is 0 Å². The van der Waals surface area contributed by atoms with Crippen LogP contribution in [0.4, 0.5) is 0 Å². The third-order valence-electron chi connectivity index (χ3n) is 5.43. The van der Waals surface area contributed by atoms with Gasteiger partial charge in [-0.25, -0.2) is 0 Å². The second-order valence-electron chi connectivity index (χ2n) is 9.74. The van der Waals surface area contributed by atoms with E-state index in [-0.39, 0.29) is 36.2 Å². The van der Waals surface area contributed by atoms with Gasteiger partial charge in [-0.1, -0.05) is 40.0 Å². The van der Waals surface area contributed by atoms with E-state index < -0.39 is 17.6 Å². The minimum Gasteiger partial charge on any atom is -0.460 e. The van der Waals surface area contributed by atoms with E-state index in [9.17, 15) is 14.4 Å². The Balaban J connectivity index is 2.85. The van der Waals surface area contributed by atoms with E-state index in [0.717, 1.165) is 38.6 Å². The fourth-order valence-electron chi connectivity index (χ4n) is 3.77. The number of hydrogen-bond acceptors (Lipinski definition) is 4. The fourth-order valence-corrected chi connectivity index (χ4v) is 3.77. The van der Waals surface area contributed by atoms with E-state index in [1.807, 2.05) is 39.5 Å². The Kier molecular flexibility index (Phi) is 10.1. The third-order valence-corrected chi connectivity index (χ3v) is 5.43. The maximum atomic E-state index is 13.1. The summed E-state index contributed by atoms with van der Waals surface area (Å²) in [6.07, 6.45) is 5.61. The molecule has 1 saturated heterocycles. The van der Waals surface area contributed by atoms with Gasteiger partial charge in [-0.05, 0) is 52.9 Å². The number of hydrogen-bond donors (Lipinski definition) is 1. The highest BCUT2D eigenvalue weighted by atomic mass is 16.6. The molecule has 1 aliphatic heterocycles. The molecule has 0 aromatic rings. The number of carbonyl (C=O) groups is 3. The van der Waals surface area contributed by atoms with Crippen molar-refractivity contribution in [3.8, 4) is 0 Å². The van der Waals surface area contributed by atoms with Gasteiger partial charge in [0.15, 0.2) is 0 Å². The predicted octanol–water partition coefficient (Wildman–Crippen LogP) is 4.07. The Hall–Kier alpha value is -1.59. The maximum absolute atomic E-state index is 13.1. The van der Waals surface area contributed by atoms with Crippen LogP contribution in [-0.2, 0) is 19.1 Å². The van der Waals surface area contributed by atoms with E-state index in [2.05, 4.69) is 19.2 Å². The molecule has 1 N–H and O–H groups in total. The second-order valence-corrected chi connectivity index (χ2v) is 9.74. The van der Waals surface area contributed by atoms with Gasteiger partial charge in [0.05, 0.1) is 6.42 Å². The molecule has 0 aliphatic carbocycles. The van der Waals surface area contributed by atoms with Crippen molar-refractivity contribution < 1.29 is 19.1 Å². The molecule has 29 heavy (non-hydrogen) atoms. The summed E-state index contributed by atoms with van der Waals surface area (Å²) in [7, 11) is 0. The molecule has 1 aliphatic rings. The Morgan fingerprint density at radius 2 is 1.83 bits per heavy atom. The highest BCUT2D eigenvalue weighted by molar-refractivity contribution is 5.90. The molecule has 0 saturated carbocycles. The minimum absolute atomic E-state index is 0.0112. The number of nitrogens with zero attached hydrogens (tertiary/aromatic N) is 1. The molecular weight excluding hydrogens is 368 g/mol. The van der Waals surface area contributed by atoms with E-state index in [4.69, 9.17) is 4.74 Å². The first-order valence-corrected chi connectivity index (χ1v) is 11.3. The summed E-state index contributed by atoms with van der Waals surface area (Å²) in [5.74, 6) is -1.08. The number of ether oxygens (including phenoxy) is 1. The quantitative estimate of drug-likeness (QED) is 0.435. The molecule has 0 spiro atoms. The Morgan fingerprint density at radius 1 is 1.17 bits per heavy atom. The van der Waals surface area contributed by atoms with Crippen LogP contribution >= 0.6 is 0 Å². The van der Waals surface area contributed by atoms with Crippen molar-refractivity contribution in [2.24, 2.45) is 11.8 Å². The fraction of sp³-hybridized carbons (Fsp3) is 0.870. The predicted molar refractivity (Wildman–Crippen MR) is 115 cm³/mol. The molecular formula is C23H42N2O4. The average Bonchev–Trinajstić information content (AvgIpc) is 3.02. The molecule has 6 heteroatoms. The zero-order chi connectivity index (χ0) is 22.2. The number of carbonyl (C=O) groups excluding carboxylic acids is 3. The molecule has 0 bridgehead atoms.